The van der Waals surface area contributed by atoms with Gasteiger partial charge in [0.25, 0.3) is 0 Å². The highest BCUT2D eigenvalue weighted by molar-refractivity contribution is 5.68. The fourth-order valence-corrected chi connectivity index (χ4v) is 2.07. The van der Waals surface area contributed by atoms with E-state index in [-0.39, 0.29) is 0 Å². The van der Waals surface area contributed by atoms with Crippen LogP contribution in [0.25, 0.3) is 11.3 Å². The Morgan fingerprint density at radius 1 is 1.20 bits per heavy atom. The van der Waals surface area contributed by atoms with Crippen molar-refractivity contribution in [1.82, 2.24) is 9.97 Å². The molecule has 102 valence electrons. The molecule has 0 radical (unpaired) electrons. The lowest BCUT2D eigenvalue weighted by Gasteiger charge is -2.10. The van der Waals surface area contributed by atoms with Gasteiger partial charge in [0.15, 0.2) is 0 Å². The lowest BCUT2D eigenvalue weighted by atomic mass is 10.1. The molecule has 0 saturated carbocycles. The Labute approximate surface area is 119 Å². The van der Waals surface area contributed by atoms with Crippen molar-refractivity contribution < 1.29 is 4.74 Å². The van der Waals surface area contributed by atoms with Crippen molar-refractivity contribution in [3.8, 4) is 23.1 Å². The summed E-state index contributed by atoms with van der Waals surface area (Å²) in [6, 6.07) is 10.1. The minimum absolute atomic E-state index is 0.424. The Hall–Kier alpha value is -2.41. The largest absolute Gasteiger partial charge is 0.496 e. The molecule has 0 bridgehead atoms. The molecule has 0 atom stereocenters. The quantitative estimate of drug-likeness (QED) is 0.853. The van der Waals surface area contributed by atoms with Gasteiger partial charge < -0.3 is 4.74 Å². The van der Waals surface area contributed by atoms with Gasteiger partial charge in [-0.15, -0.1) is 0 Å². The fourth-order valence-electron chi connectivity index (χ4n) is 2.07. The first-order valence-electron chi connectivity index (χ1n) is 6.50. The van der Waals surface area contributed by atoms with E-state index in [2.05, 4.69) is 22.1 Å². The molecule has 0 fully saturated rings. The van der Waals surface area contributed by atoms with E-state index in [1.807, 2.05) is 32.0 Å². The molecule has 2 rings (SSSR count). The number of methoxy groups -OCH3 is 1. The lowest BCUT2D eigenvalue weighted by Crippen LogP contribution is -2.00. The van der Waals surface area contributed by atoms with Crippen molar-refractivity contribution in [2.45, 2.75) is 26.7 Å². The van der Waals surface area contributed by atoms with E-state index in [0.717, 1.165) is 28.3 Å². The van der Waals surface area contributed by atoms with E-state index in [0.29, 0.717) is 18.7 Å². The van der Waals surface area contributed by atoms with Crippen LogP contribution < -0.4 is 4.74 Å². The van der Waals surface area contributed by atoms with Crippen LogP contribution in [0.4, 0.5) is 0 Å². The van der Waals surface area contributed by atoms with Gasteiger partial charge in [-0.25, -0.2) is 9.97 Å². The summed E-state index contributed by atoms with van der Waals surface area (Å²) in [6.45, 7) is 3.97. The summed E-state index contributed by atoms with van der Waals surface area (Å²) in [6.07, 6.45) is 0.993. The van der Waals surface area contributed by atoms with E-state index >= 15 is 0 Å². The number of hydrogen-bond acceptors (Lipinski definition) is 4. The van der Waals surface area contributed by atoms with Gasteiger partial charge in [0.1, 0.15) is 11.6 Å². The summed E-state index contributed by atoms with van der Waals surface area (Å²) in [5.74, 6) is 1.49. The molecule has 0 aliphatic rings. The molecule has 0 spiro atoms. The van der Waals surface area contributed by atoms with Crippen LogP contribution in [0, 0.1) is 25.2 Å². The zero-order valence-electron chi connectivity index (χ0n) is 12.0. The van der Waals surface area contributed by atoms with Crippen molar-refractivity contribution >= 4 is 0 Å². The average Bonchev–Trinajstić information content (AvgIpc) is 2.44. The third kappa shape index (κ3) is 3.12. The Kier molecular flexibility index (Phi) is 4.31. The minimum Gasteiger partial charge on any atom is -0.496 e. The monoisotopic (exact) mass is 267 g/mol. The number of hydrogen-bond donors (Lipinski definition) is 0. The van der Waals surface area contributed by atoms with Gasteiger partial charge in [-0.1, -0.05) is 11.6 Å². The number of nitriles is 1. The molecule has 0 amide bonds. The standard InChI is InChI=1S/C16H17N3O/c1-11-6-7-15(20-3)13(9-11)14-10-12(2)18-16(19-14)5-4-8-17/h6-7,9-10H,4-5H2,1-3H3. The summed E-state index contributed by atoms with van der Waals surface area (Å²) in [5.41, 5.74) is 3.84. The maximum Gasteiger partial charge on any atom is 0.130 e. The average molecular weight is 267 g/mol. The van der Waals surface area contributed by atoms with Gasteiger partial charge in [0, 0.05) is 24.1 Å². The van der Waals surface area contributed by atoms with Crippen LogP contribution in [0.5, 0.6) is 5.75 Å². The maximum absolute atomic E-state index is 8.68. The van der Waals surface area contributed by atoms with E-state index in [1.54, 1.807) is 7.11 Å². The number of ether oxygens (including phenoxy) is 1. The van der Waals surface area contributed by atoms with E-state index in [1.165, 1.54) is 0 Å². The molecule has 0 saturated heterocycles. The summed E-state index contributed by atoms with van der Waals surface area (Å²) < 4.78 is 5.40. The predicted molar refractivity (Wildman–Crippen MR) is 77.4 cm³/mol. The van der Waals surface area contributed by atoms with Gasteiger partial charge in [0.05, 0.1) is 18.9 Å². The molecule has 0 aliphatic carbocycles. The first kappa shape index (κ1) is 14.0. The van der Waals surface area contributed by atoms with Crippen LogP contribution in [0.1, 0.15) is 23.5 Å². The van der Waals surface area contributed by atoms with Gasteiger partial charge in [-0.2, -0.15) is 5.26 Å². The molecule has 20 heavy (non-hydrogen) atoms. The number of nitrogens with zero attached hydrogens (tertiary/aromatic N) is 3. The van der Waals surface area contributed by atoms with Crippen molar-refractivity contribution in [2.75, 3.05) is 7.11 Å². The molecular weight excluding hydrogens is 250 g/mol. The van der Waals surface area contributed by atoms with Gasteiger partial charge in [-0.05, 0) is 32.0 Å². The van der Waals surface area contributed by atoms with Gasteiger partial charge in [0.2, 0.25) is 0 Å². The van der Waals surface area contributed by atoms with Crippen LogP contribution in [-0.4, -0.2) is 17.1 Å². The van der Waals surface area contributed by atoms with E-state index < -0.39 is 0 Å². The Balaban J connectivity index is 2.49. The van der Waals surface area contributed by atoms with Crippen molar-refractivity contribution in [2.24, 2.45) is 0 Å². The topological polar surface area (TPSA) is 58.8 Å². The highest BCUT2D eigenvalue weighted by Crippen LogP contribution is 2.29. The second kappa shape index (κ2) is 6.16. The maximum atomic E-state index is 8.68. The first-order valence-corrected chi connectivity index (χ1v) is 6.50. The summed E-state index contributed by atoms with van der Waals surface area (Å²) in [5, 5.41) is 8.68. The van der Waals surface area contributed by atoms with Gasteiger partial charge >= 0.3 is 0 Å². The molecule has 4 nitrogen and oxygen atoms in total. The van der Waals surface area contributed by atoms with Gasteiger partial charge in [-0.3, -0.25) is 0 Å². The summed E-state index contributed by atoms with van der Waals surface area (Å²) >= 11 is 0. The zero-order chi connectivity index (χ0) is 14.5. The smallest absolute Gasteiger partial charge is 0.130 e. The molecule has 1 aromatic heterocycles. The molecule has 0 N–H and O–H groups in total. The van der Waals surface area contributed by atoms with Crippen LogP contribution in [0.3, 0.4) is 0 Å². The van der Waals surface area contributed by atoms with Crippen LogP contribution >= 0.6 is 0 Å². The molecule has 0 unspecified atom stereocenters. The molecule has 4 heteroatoms. The predicted octanol–water partition coefficient (Wildman–Crippen LogP) is 3.23. The van der Waals surface area contributed by atoms with E-state index in [4.69, 9.17) is 10.00 Å². The lowest BCUT2D eigenvalue weighted by molar-refractivity contribution is 0.416. The normalized spacial score (nSPS) is 10.1. The van der Waals surface area contributed by atoms with Crippen LogP contribution in [-0.2, 0) is 6.42 Å². The molecule has 0 aliphatic heterocycles. The number of rotatable bonds is 4. The minimum atomic E-state index is 0.424. The molecular formula is C16H17N3O. The zero-order valence-corrected chi connectivity index (χ0v) is 12.0. The Bertz CT molecular complexity index is 659. The Morgan fingerprint density at radius 2 is 2.00 bits per heavy atom. The molecule has 1 aromatic carbocycles. The third-order valence-corrected chi connectivity index (χ3v) is 2.99. The highest BCUT2D eigenvalue weighted by Gasteiger charge is 2.10. The fraction of sp³-hybridized carbons (Fsp3) is 0.312. The number of aryl methyl sites for hydroxylation is 3. The summed E-state index contributed by atoms with van der Waals surface area (Å²) in [4.78, 5) is 8.92. The first-order chi connectivity index (χ1) is 9.63. The van der Waals surface area contributed by atoms with Crippen LogP contribution in [0.15, 0.2) is 24.3 Å². The second-order valence-corrected chi connectivity index (χ2v) is 4.67. The summed E-state index contributed by atoms with van der Waals surface area (Å²) in [7, 11) is 1.65. The second-order valence-electron chi connectivity index (χ2n) is 4.67. The van der Waals surface area contributed by atoms with E-state index in [9.17, 15) is 0 Å². The molecule has 2 aromatic rings. The number of benzene rings is 1. The SMILES string of the molecule is COc1ccc(C)cc1-c1cc(C)nc(CCC#N)n1. The van der Waals surface area contributed by atoms with Crippen molar-refractivity contribution in [3.05, 3.63) is 41.3 Å². The number of aromatic nitrogens is 2. The molecule has 1 heterocycles. The highest BCUT2D eigenvalue weighted by atomic mass is 16.5. The van der Waals surface area contributed by atoms with Crippen molar-refractivity contribution in [1.29, 1.82) is 5.26 Å². The van der Waals surface area contributed by atoms with Crippen molar-refractivity contribution in [3.63, 3.8) is 0 Å². The Morgan fingerprint density at radius 3 is 2.70 bits per heavy atom. The third-order valence-electron chi connectivity index (χ3n) is 2.99. The van der Waals surface area contributed by atoms with Crippen LogP contribution in [0.2, 0.25) is 0 Å².